The summed E-state index contributed by atoms with van der Waals surface area (Å²) in [6.45, 7) is 2.75. The molecule has 2 saturated carbocycles. The highest BCUT2D eigenvalue weighted by Crippen LogP contribution is 2.33. The number of likely N-dealkylation sites (N-methyl/N-ethyl adjacent to an activating group) is 1. The van der Waals surface area contributed by atoms with Gasteiger partial charge in [0.05, 0.1) is 6.54 Å². The van der Waals surface area contributed by atoms with E-state index in [4.69, 9.17) is 0 Å². The summed E-state index contributed by atoms with van der Waals surface area (Å²) in [7, 11) is 1.92. The van der Waals surface area contributed by atoms with Crippen LogP contribution in [0, 0.1) is 5.92 Å². The van der Waals surface area contributed by atoms with Gasteiger partial charge in [-0.3, -0.25) is 4.79 Å². The lowest BCUT2D eigenvalue weighted by molar-refractivity contribution is -0.129. The van der Waals surface area contributed by atoms with E-state index in [1.54, 1.807) is 0 Å². The highest BCUT2D eigenvalue weighted by Gasteiger charge is 2.36. The van der Waals surface area contributed by atoms with E-state index < -0.39 is 0 Å². The molecule has 0 saturated heterocycles. The highest BCUT2D eigenvalue weighted by atomic mass is 16.2. The van der Waals surface area contributed by atoms with Crippen LogP contribution >= 0.6 is 0 Å². The summed E-state index contributed by atoms with van der Waals surface area (Å²) in [6, 6.07) is 1.17. The smallest absolute Gasteiger partial charge is 0.236 e. The van der Waals surface area contributed by atoms with Crippen LogP contribution in [0.25, 0.3) is 0 Å². The Morgan fingerprint density at radius 2 is 2.21 bits per heavy atom. The molecule has 0 aromatic carbocycles. The van der Waals surface area contributed by atoms with Gasteiger partial charge in [0.1, 0.15) is 0 Å². The zero-order chi connectivity index (χ0) is 10.1. The van der Waals surface area contributed by atoms with E-state index in [-0.39, 0.29) is 5.91 Å². The first kappa shape index (κ1) is 9.97. The van der Waals surface area contributed by atoms with Gasteiger partial charge in [0.15, 0.2) is 0 Å². The van der Waals surface area contributed by atoms with Crippen LogP contribution in [0.4, 0.5) is 0 Å². The molecule has 0 heterocycles. The zero-order valence-electron chi connectivity index (χ0n) is 9.12. The fourth-order valence-corrected chi connectivity index (χ4v) is 1.96. The lowest BCUT2D eigenvalue weighted by Crippen LogP contribution is -2.37. The SMILES string of the molecule is CCC1CC1NCC(=O)N(C)C1CC1. The van der Waals surface area contributed by atoms with E-state index in [2.05, 4.69) is 12.2 Å². The molecule has 2 fully saturated rings. The van der Waals surface area contributed by atoms with Gasteiger partial charge in [-0.1, -0.05) is 13.3 Å². The minimum absolute atomic E-state index is 0.259. The van der Waals surface area contributed by atoms with Gasteiger partial charge in [-0.2, -0.15) is 0 Å². The normalized spacial score (nSPS) is 30.1. The van der Waals surface area contributed by atoms with Crippen LogP contribution in [0.3, 0.4) is 0 Å². The van der Waals surface area contributed by atoms with Crippen LogP contribution < -0.4 is 5.32 Å². The maximum absolute atomic E-state index is 11.6. The Hall–Kier alpha value is -0.570. The summed E-state index contributed by atoms with van der Waals surface area (Å²) in [6.07, 6.45) is 4.90. The number of amides is 1. The fourth-order valence-electron chi connectivity index (χ4n) is 1.96. The largest absolute Gasteiger partial charge is 0.342 e. The molecular formula is C11H20N2O. The second-order valence-electron chi connectivity index (χ2n) is 4.63. The summed E-state index contributed by atoms with van der Waals surface area (Å²) in [5.74, 6) is 1.09. The molecule has 3 heteroatoms. The highest BCUT2D eigenvalue weighted by molar-refractivity contribution is 5.78. The number of carbonyl (C=O) groups excluding carboxylic acids is 1. The summed E-state index contributed by atoms with van der Waals surface area (Å²) in [5.41, 5.74) is 0. The summed E-state index contributed by atoms with van der Waals surface area (Å²) in [4.78, 5) is 13.5. The quantitative estimate of drug-likeness (QED) is 0.711. The lowest BCUT2D eigenvalue weighted by atomic mass is 10.3. The Bertz CT molecular complexity index is 225. The van der Waals surface area contributed by atoms with Crippen molar-refractivity contribution in [2.45, 2.75) is 44.7 Å². The topological polar surface area (TPSA) is 32.3 Å². The fraction of sp³-hybridized carbons (Fsp3) is 0.909. The van der Waals surface area contributed by atoms with Crippen molar-refractivity contribution >= 4 is 5.91 Å². The number of carbonyl (C=O) groups is 1. The van der Waals surface area contributed by atoms with Gasteiger partial charge in [-0.25, -0.2) is 0 Å². The summed E-state index contributed by atoms with van der Waals surface area (Å²) >= 11 is 0. The molecule has 1 N–H and O–H groups in total. The van der Waals surface area contributed by atoms with Crippen molar-refractivity contribution in [2.24, 2.45) is 5.92 Å². The van der Waals surface area contributed by atoms with E-state index >= 15 is 0 Å². The van der Waals surface area contributed by atoms with Crippen molar-refractivity contribution in [3.05, 3.63) is 0 Å². The molecule has 2 atom stereocenters. The van der Waals surface area contributed by atoms with Gasteiger partial charge in [0.2, 0.25) is 5.91 Å². The standard InChI is InChI=1S/C11H20N2O/c1-3-8-6-10(8)12-7-11(14)13(2)9-4-5-9/h8-10,12H,3-7H2,1-2H3. The first-order chi connectivity index (χ1) is 6.72. The van der Waals surface area contributed by atoms with Crippen LogP contribution in [0.15, 0.2) is 0 Å². The Kier molecular flexibility index (Phi) is 2.77. The monoisotopic (exact) mass is 196 g/mol. The van der Waals surface area contributed by atoms with Crippen molar-refractivity contribution in [1.82, 2.24) is 10.2 Å². The van der Waals surface area contributed by atoms with Gasteiger partial charge in [0, 0.05) is 19.1 Å². The Morgan fingerprint density at radius 3 is 2.71 bits per heavy atom. The predicted octanol–water partition coefficient (Wildman–Crippen LogP) is 0.995. The van der Waals surface area contributed by atoms with Crippen LogP contribution in [-0.4, -0.2) is 36.5 Å². The maximum atomic E-state index is 11.6. The van der Waals surface area contributed by atoms with E-state index in [1.165, 1.54) is 25.7 Å². The Balaban J connectivity index is 1.63. The van der Waals surface area contributed by atoms with Crippen LogP contribution in [-0.2, 0) is 4.79 Å². The predicted molar refractivity (Wildman–Crippen MR) is 56.0 cm³/mol. The molecule has 0 bridgehead atoms. The molecule has 0 aromatic heterocycles. The molecule has 0 spiro atoms. The minimum Gasteiger partial charge on any atom is -0.342 e. The van der Waals surface area contributed by atoms with E-state index in [0.29, 0.717) is 18.6 Å². The van der Waals surface area contributed by atoms with Gasteiger partial charge >= 0.3 is 0 Å². The molecule has 80 valence electrons. The average Bonchev–Trinajstić information content (AvgIpc) is 3.03. The molecule has 0 aromatic rings. The van der Waals surface area contributed by atoms with Crippen LogP contribution in [0.2, 0.25) is 0 Å². The van der Waals surface area contributed by atoms with Gasteiger partial charge in [0.25, 0.3) is 0 Å². The molecule has 1 amide bonds. The van der Waals surface area contributed by atoms with Crippen molar-refractivity contribution in [3.8, 4) is 0 Å². The average molecular weight is 196 g/mol. The molecular weight excluding hydrogens is 176 g/mol. The molecule has 2 aliphatic rings. The first-order valence-electron chi connectivity index (χ1n) is 5.71. The second kappa shape index (κ2) is 3.89. The molecule has 2 aliphatic carbocycles. The third-order valence-corrected chi connectivity index (χ3v) is 3.45. The molecule has 14 heavy (non-hydrogen) atoms. The zero-order valence-corrected chi connectivity index (χ0v) is 9.12. The Morgan fingerprint density at radius 1 is 1.50 bits per heavy atom. The molecule has 0 aliphatic heterocycles. The van der Waals surface area contributed by atoms with E-state index in [0.717, 1.165) is 5.92 Å². The number of nitrogens with one attached hydrogen (secondary N) is 1. The van der Waals surface area contributed by atoms with Crippen molar-refractivity contribution in [3.63, 3.8) is 0 Å². The van der Waals surface area contributed by atoms with Crippen LogP contribution in [0.1, 0.15) is 32.6 Å². The Labute approximate surface area is 85.8 Å². The maximum Gasteiger partial charge on any atom is 0.236 e. The van der Waals surface area contributed by atoms with Crippen LogP contribution in [0.5, 0.6) is 0 Å². The lowest BCUT2D eigenvalue weighted by Gasteiger charge is -2.16. The van der Waals surface area contributed by atoms with Crippen molar-refractivity contribution in [2.75, 3.05) is 13.6 Å². The molecule has 2 rings (SSSR count). The molecule has 3 nitrogen and oxygen atoms in total. The number of hydrogen-bond acceptors (Lipinski definition) is 2. The third kappa shape index (κ3) is 2.27. The van der Waals surface area contributed by atoms with Gasteiger partial charge < -0.3 is 10.2 Å². The molecule has 2 unspecified atom stereocenters. The first-order valence-corrected chi connectivity index (χ1v) is 5.71. The minimum atomic E-state index is 0.259. The van der Waals surface area contributed by atoms with E-state index in [1.807, 2.05) is 11.9 Å². The number of rotatable bonds is 5. The van der Waals surface area contributed by atoms with Gasteiger partial charge in [-0.15, -0.1) is 0 Å². The van der Waals surface area contributed by atoms with E-state index in [9.17, 15) is 4.79 Å². The number of nitrogens with zero attached hydrogens (tertiary/aromatic N) is 1. The van der Waals surface area contributed by atoms with Crippen molar-refractivity contribution in [1.29, 1.82) is 0 Å². The van der Waals surface area contributed by atoms with Crippen molar-refractivity contribution < 1.29 is 4.79 Å². The summed E-state index contributed by atoms with van der Waals surface area (Å²) < 4.78 is 0. The third-order valence-electron chi connectivity index (χ3n) is 3.45. The molecule has 0 radical (unpaired) electrons. The summed E-state index contributed by atoms with van der Waals surface area (Å²) in [5, 5.41) is 3.33. The second-order valence-corrected chi connectivity index (χ2v) is 4.63. The van der Waals surface area contributed by atoms with Gasteiger partial charge in [-0.05, 0) is 25.2 Å². The number of hydrogen-bond donors (Lipinski definition) is 1.